The number of aromatic hydroxyl groups is 1. The van der Waals surface area contributed by atoms with E-state index in [1.54, 1.807) is 36.4 Å². The number of phenols is 1. The highest BCUT2D eigenvalue weighted by Crippen LogP contribution is 2.33. The van der Waals surface area contributed by atoms with Crippen molar-refractivity contribution in [3.8, 4) is 5.75 Å². The molecule has 1 heterocycles. The van der Waals surface area contributed by atoms with E-state index in [1.807, 2.05) is 29.2 Å². The molecule has 4 N–H and O–H groups in total. The van der Waals surface area contributed by atoms with Gasteiger partial charge in [0.05, 0.1) is 18.1 Å². The number of β-amino-alcohol motifs (C(OH)–C–C–N with tert-alkyl or cyclic N) is 1. The quantitative estimate of drug-likeness (QED) is 0.317. The van der Waals surface area contributed by atoms with Crippen LogP contribution in [0.5, 0.6) is 5.75 Å². The Hall–Kier alpha value is -2.90. The van der Waals surface area contributed by atoms with Crippen LogP contribution in [0, 0.1) is 0 Å². The van der Waals surface area contributed by atoms with Crippen LogP contribution in [0.2, 0.25) is 5.02 Å². The summed E-state index contributed by atoms with van der Waals surface area (Å²) in [7, 11) is 0. The average molecular weight is 537 g/mol. The largest absolute Gasteiger partial charge is 0.508 e. The van der Waals surface area contributed by atoms with Gasteiger partial charge in [0.15, 0.2) is 0 Å². The van der Waals surface area contributed by atoms with Gasteiger partial charge in [0.1, 0.15) is 5.75 Å². The zero-order valence-corrected chi connectivity index (χ0v) is 22.8. The van der Waals surface area contributed by atoms with Crippen LogP contribution in [0.1, 0.15) is 55.0 Å². The number of carbonyl (C=O) groups excluding carboxylic acids is 1. The SMILES string of the molecule is CC(C)(Cc1cccc(CC(=O)N2CCC(O)(c3ccc(Cl)cc3)CC2)c1)NCC(O)c1ccc(O)cc1. The van der Waals surface area contributed by atoms with Crippen molar-refractivity contribution < 1.29 is 20.1 Å². The molecule has 1 aliphatic rings. The van der Waals surface area contributed by atoms with E-state index in [2.05, 4.69) is 31.3 Å². The van der Waals surface area contributed by atoms with E-state index in [1.165, 1.54) is 0 Å². The van der Waals surface area contributed by atoms with Crippen molar-refractivity contribution in [2.45, 2.75) is 56.8 Å². The Morgan fingerprint density at radius 3 is 2.32 bits per heavy atom. The number of phenolic OH excluding ortho intramolecular Hbond substituents is 1. The van der Waals surface area contributed by atoms with Crippen LogP contribution < -0.4 is 5.32 Å². The van der Waals surface area contributed by atoms with Gasteiger partial charge in [0.25, 0.3) is 0 Å². The number of carbonyl (C=O) groups is 1. The number of aliphatic hydroxyl groups excluding tert-OH is 1. The van der Waals surface area contributed by atoms with Crippen LogP contribution in [0.4, 0.5) is 0 Å². The summed E-state index contributed by atoms with van der Waals surface area (Å²) in [5.41, 5.74) is 2.45. The lowest BCUT2D eigenvalue weighted by atomic mass is 9.84. The molecule has 1 unspecified atom stereocenters. The Labute approximate surface area is 229 Å². The Balaban J connectivity index is 1.29. The van der Waals surface area contributed by atoms with E-state index in [-0.39, 0.29) is 17.2 Å². The molecule has 1 saturated heterocycles. The standard InChI is InChI=1S/C31H37ClN2O4/c1-30(2,33-21-28(36)24-6-12-27(35)13-7-24)20-23-5-3-4-22(18-23)19-29(37)34-16-14-31(38,15-17-34)25-8-10-26(32)11-9-25/h3-13,18,28,33,35-36,38H,14-17,19-21H2,1-2H3. The van der Waals surface area contributed by atoms with Crippen molar-refractivity contribution in [1.29, 1.82) is 0 Å². The average Bonchev–Trinajstić information content (AvgIpc) is 2.88. The Bertz CT molecular complexity index is 1220. The number of hydrogen-bond donors (Lipinski definition) is 4. The van der Waals surface area contributed by atoms with Gasteiger partial charge in [0.2, 0.25) is 5.91 Å². The molecule has 1 aliphatic heterocycles. The maximum absolute atomic E-state index is 13.1. The number of nitrogens with one attached hydrogen (secondary N) is 1. The second kappa shape index (κ2) is 11.9. The summed E-state index contributed by atoms with van der Waals surface area (Å²) in [4.78, 5) is 14.9. The van der Waals surface area contributed by atoms with Crippen molar-refractivity contribution in [2.75, 3.05) is 19.6 Å². The zero-order valence-electron chi connectivity index (χ0n) is 22.0. The summed E-state index contributed by atoms with van der Waals surface area (Å²) in [5, 5.41) is 35.1. The second-order valence-corrected chi connectivity index (χ2v) is 11.4. The summed E-state index contributed by atoms with van der Waals surface area (Å²) < 4.78 is 0. The van der Waals surface area contributed by atoms with Crippen LogP contribution in [0.25, 0.3) is 0 Å². The maximum Gasteiger partial charge on any atom is 0.226 e. The van der Waals surface area contributed by atoms with Gasteiger partial charge < -0.3 is 25.5 Å². The number of nitrogens with zero attached hydrogens (tertiary/aromatic N) is 1. The molecule has 0 aliphatic carbocycles. The van der Waals surface area contributed by atoms with Crippen LogP contribution >= 0.6 is 11.6 Å². The molecule has 4 rings (SSSR count). The molecule has 0 saturated carbocycles. The lowest BCUT2D eigenvalue weighted by Crippen LogP contribution is -2.45. The molecule has 1 fully saturated rings. The first kappa shape index (κ1) is 28.1. The molecular formula is C31H37ClN2O4. The van der Waals surface area contributed by atoms with E-state index >= 15 is 0 Å². The lowest BCUT2D eigenvalue weighted by molar-refractivity contribution is -0.135. The highest BCUT2D eigenvalue weighted by atomic mass is 35.5. The first-order valence-electron chi connectivity index (χ1n) is 13.1. The van der Waals surface area contributed by atoms with E-state index in [9.17, 15) is 20.1 Å². The molecule has 0 radical (unpaired) electrons. The number of hydrogen-bond acceptors (Lipinski definition) is 5. The predicted molar refractivity (Wildman–Crippen MR) is 150 cm³/mol. The number of halogens is 1. The minimum absolute atomic E-state index is 0.0645. The third-order valence-corrected chi connectivity index (χ3v) is 7.62. The fourth-order valence-electron chi connectivity index (χ4n) is 5.07. The summed E-state index contributed by atoms with van der Waals surface area (Å²) in [6.45, 7) is 5.58. The Kier molecular flexibility index (Phi) is 8.78. The molecule has 0 spiro atoms. The summed E-state index contributed by atoms with van der Waals surface area (Å²) >= 11 is 5.98. The fourth-order valence-corrected chi connectivity index (χ4v) is 5.20. The van der Waals surface area contributed by atoms with Crippen LogP contribution in [0.3, 0.4) is 0 Å². The van der Waals surface area contributed by atoms with Crippen LogP contribution in [0.15, 0.2) is 72.8 Å². The number of likely N-dealkylation sites (tertiary alicyclic amines) is 1. The van der Waals surface area contributed by atoms with Gasteiger partial charge in [-0.25, -0.2) is 0 Å². The van der Waals surface area contributed by atoms with Crippen molar-refractivity contribution in [2.24, 2.45) is 0 Å². The number of piperidine rings is 1. The van der Waals surface area contributed by atoms with Gasteiger partial charge in [-0.2, -0.15) is 0 Å². The summed E-state index contributed by atoms with van der Waals surface area (Å²) in [6.07, 6.45) is 1.36. The zero-order chi connectivity index (χ0) is 27.3. The lowest BCUT2D eigenvalue weighted by Gasteiger charge is -2.38. The fraction of sp³-hybridized carbons (Fsp3) is 0.387. The molecular weight excluding hydrogens is 500 g/mol. The van der Waals surface area contributed by atoms with E-state index in [4.69, 9.17) is 11.6 Å². The van der Waals surface area contributed by atoms with Gasteiger partial charge in [0, 0.05) is 30.2 Å². The topological polar surface area (TPSA) is 93.0 Å². The number of aliphatic hydroxyl groups is 2. The Morgan fingerprint density at radius 1 is 1.03 bits per heavy atom. The van der Waals surface area contributed by atoms with E-state index < -0.39 is 11.7 Å². The van der Waals surface area contributed by atoms with Crippen molar-refractivity contribution in [3.05, 3.63) is 100 Å². The molecule has 1 amide bonds. The third-order valence-electron chi connectivity index (χ3n) is 7.37. The summed E-state index contributed by atoms with van der Waals surface area (Å²) in [6, 6.07) is 21.9. The molecule has 38 heavy (non-hydrogen) atoms. The van der Waals surface area contributed by atoms with Crippen molar-refractivity contribution >= 4 is 17.5 Å². The molecule has 6 nitrogen and oxygen atoms in total. The minimum Gasteiger partial charge on any atom is -0.508 e. The highest BCUT2D eigenvalue weighted by Gasteiger charge is 2.35. The first-order chi connectivity index (χ1) is 18.0. The number of benzene rings is 3. The molecule has 3 aromatic rings. The van der Waals surface area contributed by atoms with Crippen molar-refractivity contribution in [1.82, 2.24) is 10.2 Å². The third kappa shape index (κ3) is 7.35. The monoisotopic (exact) mass is 536 g/mol. The number of amides is 1. The van der Waals surface area contributed by atoms with E-state index in [0.29, 0.717) is 43.9 Å². The Morgan fingerprint density at radius 2 is 1.66 bits per heavy atom. The normalized spacial score (nSPS) is 16.3. The minimum atomic E-state index is -0.935. The highest BCUT2D eigenvalue weighted by molar-refractivity contribution is 6.30. The molecule has 3 aromatic carbocycles. The van der Waals surface area contributed by atoms with Crippen LogP contribution in [-0.4, -0.2) is 51.3 Å². The van der Waals surface area contributed by atoms with Gasteiger partial charge >= 0.3 is 0 Å². The smallest absolute Gasteiger partial charge is 0.226 e. The predicted octanol–water partition coefficient (Wildman–Crippen LogP) is 4.74. The van der Waals surface area contributed by atoms with Gasteiger partial charge in [-0.05, 0) is 79.6 Å². The van der Waals surface area contributed by atoms with Gasteiger partial charge in [-0.1, -0.05) is 60.1 Å². The van der Waals surface area contributed by atoms with Gasteiger partial charge in [-0.15, -0.1) is 0 Å². The summed E-state index contributed by atoms with van der Waals surface area (Å²) in [5.74, 6) is 0.238. The molecule has 202 valence electrons. The molecule has 7 heteroatoms. The number of rotatable bonds is 9. The van der Waals surface area contributed by atoms with E-state index in [0.717, 1.165) is 28.7 Å². The van der Waals surface area contributed by atoms with Crippen molar-refractivity contribution in [3.63, 3.8) is 0 Å². The maximum atomic E-state index is 13.1. The molecule has 0 aromatic heterocycles. The molecule has 0 bridgehead atoms. The van der Waals surface area contributed by atoms with Crippen LogP contribution in [-0.2, 0) is 23.2 Å². The first-order valence-corrected chi connectivity index (χ1v) is 13.5. The molecule has 1 atom stereocenters. The second-order valence-electron chi connectivity index (χ2n) is 11.0. The van der Waals surface area contributed by atoms with Gasteiger partial charge in [-0.3, -0.25) is 4.79 Å².